The van der Waals surface area contributed by atoms with E-state index in [4.69, 9.17) is 8.83 Å². The molecule has 0 fully saturated rings. The molecule has 0 atom stereocenters. The summed E-state index contributed by atoms with van der Waals surface area (Å²) in [5.41, 5.74) is 1.06. The fourth-order valence-corrected chi connectivity index (χ4v) is 4.43. The third-order valence-electron chi connectivity index (χ3n) is 6.72. The van der Waals surface area contributed by atoms with Crippen LogP contribution >= 0.6 is 0 Å². The summed E-state index contributed by atoms with van der Waals surface area (Å²) < 4.78 is 11.1. The average molecular weight is 691 g/mol. The first-order chi connectivity index (χ1) is 23.5. The van der Waals surface area contributed by atoms with Crippen molar-refractivity contribution in [1.82, 2.24) is 9.97 Å². The van der Waals surface area contributed by atoms with Crippen molar-refractivity contribution in [1.29, 1.82) is 0 Å². The number of hydrogen-bond donors (Lipinski definition) is 0. The van der Waals surface area contributed by atoms with E-state index in [1.165, 1.54) is 0 Å². The van der Waals surface area contributed by atoms with E-state index in [1.807, 2.05) is 48.5 Å². The molecule has 0 aliphatic rings. The van der Waals surface area contributed by atoms with Crippen LogP contribution in [0.2, 0.25) is 0 Å². The van der Waals surface area contributed by atoms with Gasteiger partial charge in [0.15, 0.2) is 10.9 Å². The molecule has 4 aromatic carbocycles. The summed E-state index contributed by atoms with van der Waals surface area (Å²) in [5.74, 6) is -1.00. The number of pyridine rings is 2. The zero-order chi connectivity index (χ0) is 33.6. The van der Waals surface area contributed by atoms with Gasteiger partial charge in [-0.25, -0.2) is 0 Å². The number of hydrogen-bond acceptors (Lipinski definition) is 8. The molecule has 0 bridgehead atoms. The predicted molar refractivity (Wildman–Crippen MR) is 183 cm³/mol. The van der Waals surface area contributed by atoms with E-state index in [2.05, 4.69) is 9.97 Å². The minimum atomic E-state index is -0.597. The molecule has 9 heteroatoms. The van der Waals surface area contributed by atoms with Crippen molar-refractivity contribution in [3.8, 4) is 34.1 Å². The van der Waals surface area contributed by atoms with Crippen LogP contribution in [0.1, 0.15) is 0 Å². The van der Waals surface area contributed by atoms with Crippen LogP contribution in [-0.2, 0) is 16.5 Å². The Hall–Kier alpha value is -6.31. The minimum absolute atomic E-state index is 0. The molecule has 0 aliphatic carbocycles. The van der Waals surface area contributed by atoms with Gasteiger partial charge in [0, 0.05) is 35.9 Å². The van der Waals surface area contributed by atoms with Crippen molar-refractivity contribution in [2.45, 2.75) is 0 Å². The maximum Gasteiger partial charge on any atom is 2.00 e. The minimum Gasteiger partial charge on any atom is -0.867 e. The van der Waals surface area contributed by atoms with Crippen molar-refractivity contribution in [3.05, 3.63) is 191 Å². The van der Waals surface area contributed by atoms with Crippen molar-refractivity contribution >= 4 is 21.9 Å². The van der Waals surface area contributed by atoms with Gasteiger partial charge in [0.2, 0.25) is 0 Å². The molecule has 8 rings (SSSR count). The Morgan fingerprint density at radius 3 is 1.02 bits per heavy atom. The van der Waals surface area contributed by atoms with Crippen LogP contribution in [0.25, 0.3) is 44.6 Å². The Bertz CT molecular complexity index is 2080. The van der Waals surface area contributed by atoms with Gasteiger partial charge in [0.25, 0.3) is 0 Å². The molecule has 4 aromatic heterocycles. The number of benzene rings is 4. The summed E-state index contributed by atoms with van der Waals surface area (Å²) in [5, 5.41) is 24.6. The maximum atomic E-state index is 12.0. The van der Waals surface area contributed by atoms with Crippen LogP contribution in [0.5, 0.6) is 11.5 Å². The average Bonchev–Trinajstić information content (AvgIpc) is 3.17. The smallest absolute Gasteiger partial charge is 0.867 e. The molecule has 4 heterocycles. The summed E-state index contributed by atoms with van der Waals surface area (Å²) in [7, 11) is 0. The van der Waals surface area contributed by atoms with Crippen LogP contribution in [0.15, 0.2) is 189 Å². The molecule has 0 spiro atoms. The van der Waals surface area contributed by atoms with Crippen molar-refractivity contribution in [2.75, 3.05) is 0 Å². The third-order valence-corrected chi connectivity index (χ3v) is 6.72. The molecule has 0 amide bonds. The standard InChI is InChI=1S/2C15H10O3.2C5H5N.Ni/c2*16-13-11-8-4-5-9-12(11)18-15(14(13)17)10-6-2-1-3-7-10;2*1-2-4-6-5-3-1;/h2*1-9,17H;2*1-5H;/q;;;;+2/p-2. The van der Waals surface area contributed by atoms with E-state index >= 15 is 0 Å². The van der Waals surface area contributed by atoms with E-state index in [9.17, 15) is 19.8 Å². The molecule has 0 aliphatic heterocycles. The Kier molecular flexibility index (Phi) is 13.2. The van der Waals surface area contributed by atoms with Gasteiger partial charge in [-0.05, 0) is 60.0 Å². The monoisotopic (exact) mass is 690 g/mol. The predicted octanol–water partition coefficient (Wildman–Crippen LogP) is 7.23. The van der Waals surface area contributed by atoms with Gasteiger partial charge in [-0.3, -0.25) is 19.6 Å². The second kappa shape index (κ2) is 18.1. The van der Waals surface area contributed by atoms with Gasteiger partial charge >= 0.3 is 16.5 Å². The fraction of sp³-hybridized carbons (Fsp3) is 0. The van der Waals surface area contributed by atoms with Gasteiger partial charge in [0.1, 0.15) is 22.7 Å². The normalized spacial score (nSPS) is 9.80. The Labute approximate surface area is 291 Å². The molecule has 0 saturated heterocycles. The third kappa shape index (κ3) is 9.38. The molecule has 0 saturated carbocycles. The number of aromatic nitrogens is 2. The van der Waals surface area contributed by atoms with Crippen LogP contribution in [0, 0.1) is 0 Å². The Balaban J connectivity index is 0.000000163. The van der Waals surface area contributed by atoms with Crippen LogP contribution < -0.4 is 21.1 Å². The van der Waals surface area contributed by atoms with Crippen molar-refractivity contribution in [2.24, 2.45) is 0 Å². The SMILES string of the molecule is O=c1c([O-])c(-c2ccccc2)oc2ccccc12.O=c1c([O-])c(-c2ccccc2)oc2ccccc12.[Ni+2].c1ccncc1.c1ccncc1. The van der Waals surface area contributed by atoms with Crippen molar-refractivity contribution in [3.63, 3.8) is 0 Å². The first-order valence-corrected chi connectivity index (χ1v) is 14.8. The summed E-state index contributed by atoms with van der Waals surface area (Å²) in [6, 6.07) is 42.8. The van der Waals surface area contributed by atoms with E-state index in [-0.39, 0.29) is 28.0 Å². The molecule has 49 heavy (non-hydrogen) atoms. The summed E-state index contributed by atoms with van der Waals surface area (Å²) >= 11 is 0. The quantitative estimate of drug-likeness (QED) is 0.174. The number of rotatable bonds is 2. The Morgan fingerprint density at radius 2 is 0.714 bits per heavy atom. The van der Waals surface area contributed by atoms with E-state index in [0.717, 1.165) is 0 Å². The van der Waals surface area contributed by atoms with E-state index < -0.39 is 22.4 Å². The zero-order valence-electron chi connectivity index (χ0n) is 25.8. The zero-order valence-corrected chi connectivity index (χ0v) is 26.8. The summed E-state index contributed by atoms with van der Waals surface area (Å²) in [6.07, 6.45) is 7.00. The van der Waals surface area contributed by atoms with Crippen LogP contribution in [0.3, 0.4) is 0 Å². The van der Waals surface area contributed by atoms with Crippen LogP contribution in [0.4, 0.5) is 0 Å². The van der Waals surface area contributed by atoms with E-state index in [1.54, 1.807) is 122 Å². The van der Waals surface area contributed by atoms with Gasteiger partial charge in [0.05, 0.1) is 10.8 Å². The van der Waals surface area contributed by atoms with Gasteiger partial charge in [-0.15, -0.1) is 0 Å². The molecule has 244 valence electrons. The number of nitrogens with zero attached hydrogens (tertiary/aromatic N) is 2. The molecule has 0 radical (unpaired) electrons. The second-order valence-corrected chi connectivity index (χ2v) is 9.95. The first-order valence-electron chi connectivity index (χ1n) is 14.8. The first kappa shape index (κ1) is 35.5. The topological polar surface area (TPSA) is 132 Å². The summed E-state index contributed by atoms with van der Waals surface area (Å²) in [4.78, 5) is 31.5. The van der Waals surface area contributed by atoms with E-state index in [0.29, 0.717) is 33.1 Å². The van der Waals surface area contributed by atoms with Crippen molar-refractivity contribution < 1.29 is 35.5 Å². The molecule has 8 nitrogen and oxygen atoms in total. The van der Waals surface area contributed by atoms with Crippen LogP contribution in [-0.4, -0.2) is 9.97 Å². The summed E-state index contributed by atoms with van der Waals surface area (Å²) in [6.45, 7) is 0. The fourth-order valence-electron chi connectivity index (χ4n) is 4.43. The molecular formula is C40H28N2NiO6. The van der Waals surface area contributed by atoms with Gasteiger partial charge < -0.3 is 19.0 Å². The number of para-hydroxylation sites is 2. The molecule has 0 N–H and O–H groups in total. The largest absolute Gasteiger partial charge is 2.00 e. The maximum absolute atomic E-state index is 12.0. The number of fused-ring (bicyclic) bond motifs is 2. The molecule has 0 unspecified atom stereocenters. The second-order valence-electron chi connectivity index (χ2n) is 9.95. The Morgan fingerprint density at radius 1 is 0.408 bits per heavy atom. The van der Waals surface area contributed by atoms with Gasteiger partial charge in [-0.2, -0.15) is 0 Å². The molecule has 8 aromatic rings. The van der Waals surface area contributed by atoms with Gasteiger partial charge in [-0.1, -0.05) is 97.1 Å². The molecular weight excluding hydrogens is 663 g/mol.